The smallest absolute Gasteiger partial charge is 0.122 e. The lowest BCUT2D eigenvalue weighted by molar-refractivity contribution is 0.944. The number of anilines is 1. The third-order valence-electron chi connectivity index (χ3n) is 3.59. The normalized spacial score (nSPS) is 12.9. The Labute approximate surface area is 122 Å². The summed E-state index contributed by atoms with van der Waals surface area (Å²) >= 11 is 4.63. The summed E-state index contributed by atoms with van der Waals surface area (Å²) in [6.07, 6.45) is 0. The molecule has 1 aromatic heterocycles. The van der Waals surface area contributed by atoms with Gasteiger partial charge < -0.3 is 4.31 Å². The van der Waals surface area contributed by atoms with E-state index < -0.39 is 0 Å². The maximum atomic E-state index is 4.63. The van der Waals surface area contributed by atoms with Crippen LogP contribution in [0.3, 0.4) is 0 Å². The maximum absolute atomic E-state index is 4.63. The van der Waals surface area contributed by atoms with Crippen molar-refractivity contribution in [2.24, 2.45) is 0 Å². The summed E-state index contributed by atoms with van der Waals surface area (Å²) in [5, 5.41) is 11.3. The van der Waals surface area contributed by atoms with Gasteiger partial charge in [0.05, 0.1) is 17.9 Å². The number of rotatable bonds is 0. The van der Waals surface area contributed by atoms with Gasteiger partial charge >= 0.3 is 0 Å². The van der Waals surface area contributed by atoms with E-state index in [2.05, 4.69) is 46.4 Å². The van der Waals surface area contributed by atoms with E-state index in [-0.39, 0.29) is 0 Å². The van der Waals surface area contributed by atoms with Crippen LogP contribution in [0.1, 0.15) is 5.56 Å². The first-order chi connectivity index (χ1) is 9.84. The van der Waals surface area contributed by atoms with Gasteiger partial charge in [-0.2, -0.15) is 0 Å². The third kappa shape index (κ3) is 1.63. The molecule has 2 aromatic carbocycles. The number of benzene rings is 2. The number of hydrogen-bond donors (Lipinski definition) is 2. The molecule has 1 N–H and O–H groups in total. The summed E-state index contributed by atoms with van der Waals surface area (Å²) in [6.45, 7) is 0.731. The van der Waals surface area contributed by atoms with Crippen molar-refractivity contribution >= 4 is 18.5 Å². The number of hydrogen-bond acceptors (Lipinski definition) is 4. The SMILES string of the molecule is SN1Cc2ccccc2-c2[nH]nnc2-c2ccccc21. The van der Waals surface area contributed by atoms with Gasteiger partial charge in [0.15, 0.2) is 0 Å². The standard InChI is InChI=1S/C15H12N4S/c20-19-9-10-5-1-2-6-11(10)14-15(17-18-16-14)12-7-3-4-8-13(12)19/h1-8,20H,9H2,(H,16,17,18). The van der Waals surface area contributed by atoms with Gasteiger partial charge in [0.25, 0.3) is 0 Å². The lowest BCUT2D eigenvalue weighted by Gasteiger charge is -2.24. The molecule has 0 saturated carbocycles. The van der Waals surface area contributed by atoms with Crippen molar-refractivity contribution in [1.29, 1.82) is 0 Å². The Morgan fingerprint density at radius 3 is 2.65 bits per heavy atom. The van der Waals surface area contributed by atoms with Crippen molar-refractivity contribution in [3.8, 4) is 22.5 Å². The molecule has 20 heavy (non-hydrogen) atoms. The Morgan fingerprint density at radius 1 is 1.00 bits per heavy atom. The van der Waals surface area contributed by atoms with Crippen molar-refractivity contribution in [1.82, 2.24) is 15.4 Å². The molecule has 4 nitrogen and oxygen atoms in total. The molecular weight excluding hydrogens is 268 g/mol. The van der Waals surface area contributed by atoms with E-state index in [1.807, 2.05) is 34.6 Å². The molecule has 0 aliphatic carbocycles. The fourth-order valence-electron chi connectivity index (χ4n) is 2.65. The number of aromatic nitrogens is 3. The van der Waals surface area contributed by atoms with Gasteiger partial charge in [0, 0.05) is 11.1 Å². The monoisotopic (exact) mass is 280 g/mol. The quantitative estimate of drug-likeness (QED) is 0.621. The number of thiol groups is 1. The Morgan fingerprint density at radius 2 is 1.75 bits per heavy atom. The lowest BCUT2D eigenvalue weighted by Crippen LogP contribution is -2.13. The average Bonchev–Trinajstić information content (AvgIpc) is 2.95. The summed E-state index contributed by atoms with van der Waals surface area (Å²) in [7, 11) is 0. The Kier molecular flexibility index (Phi) is 2.53. The first-order valence-electron chi connectivity index (χ1n) is 6.40. The second-order valence-electron chi connectivity index (χ2n) is 4.77. The van der Waals surface area contributed by atoms with Crippen LogP contribution in [0.15, 0.2) is 48.5 Å². The molecule has 98 valence electrons. The second-order valence-corrected chi connectivity index (χ2v) is 5.25. The Balaban J connectivity index is 2.07. The van der Waals surface area contributed by atoms with E-state index in [4.69, 9.17) is 0 Å². The van der Waals surface area contributed by atoms with Crippen LogP contribution in [0.25, 0.3) is 22.5 Å². The first-order valence-corrected chi connectivity index (χ1v) is 6.80. The fourth-order valence-corrected chi connectivity index (χ4v) is 2.98. The molecule has 0 saturated heterocycles. The van der Waals surface area contributed by atoms with Gasteiger partial charge in [-0.1, -0.05) is 60.5 Å². The van der Waals surface area contributed by atoms with Crippen LogP contribution >= 0.6 is 12.8 Å². The Hall–Kier alpha value is -2.27. The van der Waals surface area contributed by atoms with Gasteiger partial charge in [-0.25, -0.2) is 0 Å². The number of nitrogens with one attached hydrogen (secondary N) is 1. The fraction of sp³-hybridized carbons (Fsp3) is 0.0667. The van der Waals surface area contributed by atoms with Crippen LogP contribution in [0.5, 0.6) is 0 Å². The highest BCUT2D eigenvalue weighted by Crippen LogP contribution is 2.39. The molecule has 0 atom stereocenters. The number of aromatic amines is 1. The van der Waals surface area contributed by atoms with Crippen LogP contribution in [0.4, 0.5) is 5.69 Å². The van der Waals surface area contributed by atoms with Crippen molar-refractivity contribution in [3.05, 3.63) is 54.1 Å². The molecular formula is C15H12N4S. The molecule has 1 aliphatic heterocycles. The molecule has 0 radical (unpaired) electrons. The van der Waals surface area contributed by atoms with E-state index in [0.29, 0.717) is 0 Å². The van der Waals surface area contributed by atoms with Crippen molar-refractivity contribution in [3.63, 3.8) is 0 Å². The zero-order valence-electron chi connectivity index (χ0n) is 10.6. The van der Waals surface area contributed by atoms with E-state index in [0.717, 1.165) is 34.7 Å². The van der Waals surface area contributed by atoms with Crippen LogP contribution in [0, 0.1) is 0 Å². The lowest BCUT2D eigenvalue weighted by atomic mass is 9.97. The molecule has 3 aromatic rings. The van der Waals surface area contributed by atoms with Gasteiger partial charge in [-0.15, -0.1) is 5.10 Å². The molecule has 0 unspecified atom stereocenters. The van der Waals surface area contributed by atoms with Gasteiger partial charge in [0.2, 0.25) is 0 Å². The maximum Gasteiger partial charge on any atom is 0.122 e. The van der Waals surface area contributed by atoms with Crippen LogP contribution in [0.2, 0.25) is 0 Å². The summed E-state index contributed by atoms with van der Waals surface area (Å²) in [6, 6.07) is 16.4. The molecule has 1 aliphatic rings. The number of para-hydroxylation sites is 1. The zero-order valence-corrected chi connectivity index (χ0v) is 11.5. The van der Waals surface area contributed by atoms with E-state index in [9.17, 15) is 0 Å². The molecule has 0 fully saturated rings. The van der Waals surface area contributed by atoms with Crippen LogP contribution in [-0.4, -0.2) is 15.4 Å². The van der Waals surface area contributed by atoms with Crippen LogP contribution in [-0.2, 0) is 6.54 Å². The van der Waals surface area contributed by atoms with Crippen LogP contribution < -0.4 is 4.31 Å². The van der Waals surface area contributed by atoms with E-state index in [1.54, 1.807) is 0 Å². The highest BCUT2D eigenvalue weighted by molar-refractivity contribution is 7.81. The van der Waals surface area contributed by atoms with Crippen molar-refractivity contribution in [2.75, 3.05) is 4.31 Å². The highest BCUT2D eigenvalue weighted by Gasteiger charge is 2.22. The minimum absolute atomic E-state index is 0.731. The highest BCUT2D eigenvalue weighted by atomic mass is 32.1. The molecule has 5 heteroatoms. The third-order valence-corrected chi connectivity index (χ3v) is 3.95. The predicted molar refractivity (Wildman–Crippen MR) is 82.4 cm³/mol. The minimum Gasteiger partial charge on any atom is -0.314 e. The Bertz CT molecular complexity index is 781. The number of H-pyrrole nitrogens is 1. The average molecular weight is 280 g/mol. The van der Waals surface area contributed by atoms with Gasteiger partial charge in [-0.05, 0) is 11.6 Å². The zero-order chi connectivity index (χ0) is 13.5. The molecule has 0 spiro atoms. The summed E-state index contributed by atoms with van der Waals surface area (Å²) in [5.41, 5.74) is 6.24. The van der Waals surface area contributed by atoms with Gasteiger partial charge in [0.1, 0.15) is 5.69 Å². The molecule has 2 heterocycles. The predicted octanol–water partition coefficient (Wildman–Crippen LogP) is 3.30. The molecule has 0 bridgehead atoms. The second kappa shape index (κ2) is 4.38. The summed E-state index contributed by atoms with van der Waals surface area (Å²) in [4.78, 5) is 0. The first kappa shape index (κ1) is 11.5. The molecule has 4 rings (SSSR count). The number of fused-ring (bicyclic) bond motifs is 5. The van der Waals surface area contributed by atoms with E-state index in [1.165, 1.54) is 5.56 Å². The van der Waals surface area contributed by atoms with E-state index >= 15 is 0 Å². The number of nitrogens with zero attached hydrogens (tertiary/aromatic N) is 3. The minimum atomic E-state index is 0.731. The summed E-state index contributed by atoms with van der Waals surface area (Å²) in [5.74, 6) is 0. The van der Waals surface area contributed by atoms with Crippen molar-refractivity contribution < 1.29 is 0 Å². The van der Waals surface area contributed by atoms with Gasteiger partial charge in [-0.3, -0.25) is 5.10 Å². The van der Waals surface area contributed by atoms with Crippen molar-refractivity contribution in [2.45, 2.75) is 6.54 Å². The molecule has 0 amide bonds. The summed E-state index contributed by atoms with van der Waals surface area (Å²) < 4.78 is 1.95. The largest absolute Gasteiger partial charge is 0.314 e. The topological polar surface area (TPSA) is 44.8 Å².